The number of benzene rings is 2. The summed E-state index contributed by atoms with van der Waals surface area (Å²) in [5.74, 6) is 0. The van der Waals surface area contributed by atoms with Gasteiger partial charge in [0, 0.05) is 23.1 Å². The van der Waals surface area contributed by atoms with Gasteiger partial charge in [-0.2, -0.15) is 0 Å². The Morgan fingerprint density at radius 3 is 2.56 bits per heavy atom. The van der Waals surface area contributed by atoms with Gasteiger partial charge in [0.1, 0.15) is 0 Å². The van der Waals surface area contributed by atoms with Crippen molar-refractivity contribution >= 4 is 41.4 Å². The van der Waals surface area contributed by atoms with E-state index in [1.54, 1.807) is 18.3 Å². The SMILES string of the molecule is Cc1ccccc1SN=Cc1ccc(Cl)c(Cl)c1. The molecule has 2 aromatic rings. The molecular weight excluding hydrogens is 285 g/mol. The summed E-state index contributed by atoms with van der Waals surface area (Å²) in [4.78, 5) is 1.15. The second-order valence-corrected chi connectivity index (χ2v) is 5.41. The molecule has 0 radical (unpaired) electrons. The molecule has 0 aromatic heterocycles. The first-order valence-electron chi connectivity index (χ1n) is 5.38. The molecule has 0 aliphatic heterocycles. The monoisotopic (exact) mass is 295 g/mol. The predicted octanol–water partition coefficient (Wildman–Crippen LogP) is 5.43. The van der Waals surface area contributed by atoms with Gasteiger partial charge in [-0.25, -0.2) is 4.40 Å². The predicted molar refractivity (Wildman–Crippen MR) is 81.1 cm³/mol. The van der Waals surface area contributed by atoms with Gasteiger partial charge in [-0.05, 0) is 36.2 Å². The summed E-state index contributed by atoms with van der Waals surface area (Å²) in [5, 5.41) is 1.10. The van der Waals surface area contributed by atoms with E-state index in [0.29, 0.717) is 10.0 Å². The zero-order chi connectivity index (χ0) is 13.0. The summed E-state index contributed by atoms with van der Waals surface area (Å²) in [5.41, 5.74) is 2.15. The summed E-state index contributed by atoms with van der Waals surface area (Å²) < 4.78 is 4.33. The zero-order valence-corrected chi connectivity index (χ0v) is 12.1. The molecule has 4 heteroatoms. The quantitative estimate of drug-likeness (QED) is 0.543. The summed E-state index contributed by atoms with van der Waals surface area (Å²) in [6, 6.07) is 13.6. The Hall–Kier alpha value is -0.960. The number of halogens is 2. The summed E-state index contributed by atoms with van der Waals surface area (Å²) in [6.45, 7) is 2.07. The van der Waals surface area contributed by atoms with Crippen molar-refractivity contribution in [2.24, 2.45) is 4.40 Å². The molecule has 0 saturated heterocycles. The fraction of sp³-hybridized carbons (Fsp3) is 0.0714. The first kappa shape index (κ1) is 13.5. The van der Waals surface area contributed by atoms with Crippen molar-refractivity contribution in [1.82, 2.24) is 0 Å². The van der Waals surface area contributed by atoms with Crippen molar-refractivity contribution in [3.05, 3.63) is 63.6 Å². The maximum absolute atomic E-state index is 5.93. The highest BCUT2D eigenvalue weighted by Gasteiger charge is 1.98. The van der Waals surface area contributed by atoms with Crippen LogP contribution in [0.15, 0.2) is 51.8 Å². The Balaban J connectivity index is 2.08. The Labute approximate surface area is 121 Å². The molecule has 92 valence electrons. The van der Waals surface area contributed by atoms with Crippen molar-refractivity contribution in [1.29, 1.82) is 0 Å². The lowest BCUT2D eigenvalue weighted by Gasteiger charge is -2.00. The van der Waals surface area contributed by atoms with Gasteiger partial charge < -0.3 is 0 Å². The second kappa shape index (κ2) is 6.28. The Bertz CT molecular complexity index is 582. The molecule has 2 rings (SSSR count). The van der Waals surface area contributed by atoms with Crippen LogP contribution in [-0.4, -0.2) is 6.21 Å². The number of hydrogen-bond donors (Lipinski definition) is 0. The maximum Gasteiger partial charge on any atom is 0.0598 e. The lowest BCUT2D eigenvalue weighted by atomic mass is 10.2. The lowest BCUT2D eigenvalue weighted by Crippen LogP contribution is -1.81. The highest BCUT2D eigenvalue weighted by molar-refractivity contribution is 7.98. The van der Waals surface area contributed by atoms with Crippen molar-refractivity contribution in [2.75, 3.05) is 0 Å². The number of nitrogens with zero attached hydrogens (tertiary/aromatic N) is 1. The number of aryl methyl sites for hydroxylation is 1. The highest BCUT2D eigenvalue weighted by Crippen LogP contribution is 2.24. The van der Waals surface area contributed by atoms with Gasteiger partial charge in [-0.15, -0.1) is 0 Å². The third kappa shape index (κ3) is 3.52. The van der Waals surface area contributed by atoms with E-state index in [1.807, 2.05) is 24.3 Å². The third-order valence-corrected chi connectivity index (χ3v) is 3.99. The minimum atomic E-state index is 0.543. The van der Waals surface area contributed by atoms with Crippen LogP contribution in [0.25, 0.3) is 0 Å². The van der Waals surface area contributed by atoms with Crippen LogP contribution in [0, 0.1) is 6.92 Å². The average molecular weight is 296 g/mol. The number of rotatable bonds is 3. The highest BCUT2D eigenvalue weighted by atomic mass is 35.5. The standard InChI is InChI=1S/C14H11Cl2NS/c1-10-4-2-3-5-14(10)18-17-9-11-6-7-12(15)13(16)8-11/h2-9H,1H3. The van der Waals surface area contributed by atoms with Gasteiger partial charge in [-0.1, -0.05) is 47.5 Å². The second-order valence-electron chi connectivity index (χ2n) is 3.76. The molecule has 0 aliphatic carbocycles. The van der Waals surface area contributed by atoms with Crippen LogP contribution in [0.2, 0.25) is 10.0 Å². The first-order valence-corrected chi connectivity index (χ1v) is 6.91. The van der Waals surface area contributed by atoms with Crippen LogP contribution in [0.5, 0.6) is 0 Å². The summed E-state index contributed by atoms with van der Waals surface area (Å²) >= 11 is 13.2. The van der Waals surface area contributed by atoms with Crippen LogP contribution in [0.3, 0.4) is 0 Å². The normalized spacial score (nSPS) is 11.1. The molecule has 0 unspecified atom stereocenters. The van der Waals surface area contributed by atoms with E-state index < -0.39 is 0 Å². The van der Waals surface area contributed by atoms with Crippen LogP contribution >= 0.6 is 35.1 Å². The van der Waals surface area contributed by atoms with Crippen molar-refractivity contribution in [3.8, 4) is 0 Å². The van der Waals surface area contributed by atoms with E-state index in [-0.39, 0.29) is 0 Å². The van der Waals surface area contributed by atoms with E-state index in [9.17, 15) is 0 Å². The molecule has 0 spiro atoms. The minimum Gasteiger partial charge on any atom is -0.219 e. The molecule has 18 heavy (non-hydrogen) atoms. The fourth-order valence-electron chi connectivity index (χ4n) is 1.40. The van der Waals surface area contributed by atoms with Gasteiger partial charge in [0.05, 0.1) is 10.0 Å². The van der Waals surface area contributed by atoms with E-state index in [0.717, 1.165) is 10.5 Å². The molecule has 0 atom stereocenters. The summed E-state index contributed by atoms with van der Waals surface area (Å²) in [7, 11) is 0. The van der Waals surface area contributed by atoms with Crippen LogP contribution in [-0.2, 0) is 0 Å². The van der Waals surface area contributed by atoms with Gasteiger partial charge >= 0.3 is 0 Å². The van der Waals surface area contributed by atoms with Crippen molar-refractivity contribution in [2.45, 2.75) is 11.8 Å². The van der Waals surface area contributed by atoms with Crippen LogP contribution < -0.4 is 0 Å². The Kier molecular flexibility index (Phi) is 4.70. The van der Waals surface area contributed by atoms with E-state index in [1.165, 1.54) is 17.5 Å². The van der Waals surface area contributed by atoms with Crippen molar-refractivity contribution < 1.29 is 0 Å². The fourth-order valence-corrected chi connectivity index (χ4v) is 2.34. The van der Waals surface area contributed by atoms with Crippen LogP contribution in [0.4, 0.5) is 0 Å². The van der Waals surface area contributed by atoms with E-state index in [4.69, 9.17) is 23.2 Å². The van der Waals surface area contributed by atoms with Gasteiger partial charge in [0.2, 0.25) is 0 Å². The molecule has 0 aliphatic rings. The third-order valence-electron chi connectivity index (χ3n) is 2.39. The van der Waals surface area contributed by atoms with Gasteiger partial charge in [-0.3, -0.25) is 0 Å². The minimum absolute atomic E-state index is 0.543. The smallest absolute Gasteiger partial charge is 0.0598 e. The molecular formula is C14H11Cl2NS. The van der Waals surface area contributed by atoms with Gasteiger partial charge in [0.25, 0.3) is 0 Å². The first-order chi connectivity index (χ1) is 8.66. The Morgan fingerprint density at radius 2 is 1.83 bits per heavy atom. The molecule has 0 saturated carbocycles. The van der Waals surface area contributed by atoms with Crippen molar-refractivity contribution in [3.63, 3.8) is 0 Å². The molecule has 0 amide bonds. The van der Waals surface area contributed by atoms with E-state index >= 15 is 0 Å². The van der Waals surface area contributed by atoms with E-state index in [2.05, 4.69) is 17.4 Å². The maximum atomic E-state index is 5.93. The molecule has 0 fully saturated rings. The molecule has 1 nitrogen and oxygen atoms in total. The topological polar surface area (TPSA) is 12.4 Å². The number of hydrogen-bond acceptors (Lipinski definition) is 2. The zero-order valence-electron chi connectivity index (χ0n) is 9.73. The lowest BCUT2D eigenvalue weighted by molar-refractivity contribution is 1.30. The molecule has 0 N–H and O–H groups in total. The molecule has 2 aromatic carbocycles. The van der Waals surface area contributed by atoms with Gasteiger partial charge in [0.15, 0.2) is 0 Å². The molecule has 0 heterocycles. The summed E-state index contributed by atoms with van der Waals surface area (Å²) in [6.07, 6.45) is 1.78. The van der Waals surface area contributed by atoms with Crippen LogP contribution in [0.1, 0.15) is 11.1 Å². The Morgan fingerprint density at radius 1 is 1.06 bits per heavy atom. The molecule has 0 bridgehead atoms. The average Bonchev–Trinajstić information content (AvgIpc) is 2.36. The largest absolute Gasteiger partial charge is 0.219 e.